The van der Waals surface area contributed by atoms with Crippen LogP contribution in [0.25, 0.3) is 10.2 Å². The third-order valence-electron chi connectivity index (χ3n) is 6.13. The number of hydrogen-bond acceptors (Lipinski definition) is 6. The predicted molar refractivity (Wildman–Crippen MR) is 120 cm³/mol. The zero-order valence-electron chi connectivity index (χ0n) is 18.1. The van der Waals surface area contributed by atoms with Crippen molar-refractivity contribution in [1.29, 1.82) is 0 Å². The van der Waals surface area contributed by atoms with Gasteiger partial charge < -0.3 is 15.1 Å². The van der Waals surface area contributed by atoms with Crippen LogP contribution in [0.5, 0.6) is 0 Å². The lowest BCUT2D eigenvalue weighted by Crippen LogP contribution is -2.45. The van der Waals surface area contributed by atoms with E-state index in [-0.39, 0.29) is 17.2 Å². The Kier molecular flexibility index (Phi) is 5.80. The highest BCUT2D eigenvalue weighted by atomic mass is 32.1. The Morgan fingerprint density at radius 3 is 2.76 bits per heavy atom. The van der Waals surface area contributed by atoms with Gasteiger partial charge in [-0.05, 0) is 57.2 Å². The van der Waals surface area contributed by atoms with Crippen molar-refractivity contribution in [1.82, 2.24) is 20.2 Å². The van der Waals surface area contributed by atoms with E-state index < -0.39 is 0 Å². The van der Waals surface area contributed by atoms with Crippen molar-refractivity contribution in [3.8, 4) is 0 Å². The van der Waals surface area contributed by atoms with Crippen molar-refractivity contribution < 1.29 is 4.79 Å². The van der Waals surface area contributed by atoms with Crippen LogP contribution in [0.3, 0.4) is 0 Å². The minimum Gasteiger partial charge on any atom is -0.356 e. The molecule has 158 valence electrons. The molecule has 2 aromatic heterocycles. The number of fused-ring (bicyclic) bond motifs is 3. The van der Waals surface area contributed by atoms with Gasteiger partial charge in [0.2, 0.25) is 5.91 Å². The average molecular weight is 416 g/mol. The molecule has 3 heterocycles. The third kappa shape index (κ3) is 4.40. The van der Waals surface area contributed by atoms with Gasteiger partial charge in [0.1, 0.15) is 17.0 Å². The number of nitrogens with one attached hydrogen (secondary N) is 1. The lowest BCUT2D eigenvalue weighted by molar-refractivity contribution is -0.126. The van der Waals surface area contributed by atoms with Gasteiger partial charge in [0.15, 0.2) is 0 Å². The number of carbonyl (C=O) groups excluding carboxylic acids is 1. The van der Waals surface area contributed by atoms with Crippen LogP contribution in [0.15, 0.2) is 6.33 Å². The maximum Gasteiger partial charge on any atom is 0.223 e. The number of aromatic nitrogens is 2. The van der Waals surface area contributed by atoms with Crippen LogP contribution in [0.4, 0.5) is 5.82 Å². The fraction of sp³-hybridized carbons (Fsp3) is 0.682. The van der Waals surface area contributed by atoms with Gasteiger partial charge in [-0.15, -0.1) is 11.3 Å². The van der Waals surface area contributed by atoms with E-state index in [0.717, 1.165) is 56.1 Å². The lowest BCUT2D eigenvalue weighted by atomic mass is 9.91. The zero-order valence-corrected chi connectivity index (χ0v) is 18.9. The van der Waals surface area contributed by atoms with Gasteiger partial charge in [0.25, 0.3) is 0 Å². The van der Waals surface area contributed by atoms with Gasteiger partial charge in [-0.25, -0.2) is 9.97 Å². The number of carbonyl (C=O) groups is 1. The Morgan fingerprint density at radius 1 is 1.28 bits per heavy atom. The number of rotatable bonds is 6. The molecule has 2 aromatic rings. The number of thiophene rings is 1. The van der Waals surface area contributed by atoms with Gasteiger partial charge in [-0.2, -0.15) is 0 Å². The molecule has 1 fully saturated rings. The van der Waals surface area contributed by atoms with Crippen molar-refractivity contribution in [3.63, 3.8) is 0 Å². The average Bonchev–Trinajstić information content (AvgIpc) is 3.26. The SMILES string of the molecule is CN(C)CC(C)(C)CNC(=O)C1CCN(c2ncnc3sc4c(c23)CCC4)CC1. The number of aryl methyl sites for hydroxylation is 2. The molecular formula is C22H33N5OS. The van der Waals surface area contributed by atoms with Gasteiger partial charge >= 0.3 is 0 Å². The molecule has 1 saturated heterocycles. The van der Waals surface area contributed by atoms with E-state index in [1.54, 1.807) is 6.33 Å². The van der Waals surface area contributed by atoms with Crippen molar-refractivity contribution in [3.05, 3.63) is 16.8 Å². The van der Waals surface area contributed by atoms with E-state index in [1.165, 1.54) is 28.7 Å². The molecule has 6 nitrogen and oxygen atoms in total. The molecule has 4 rings (SSSR count). The van der Waals surface area contributed by atoms with Crippen molar-refractivity contribution in [2.75, 3.05) is 45.2 Å². The highest BCUT2D eigenvalue weighted by molar-refractivity contribution is 7.19. The normalized spacial score (nSPS) is 17.9. The second kappa shape index (κ2) is 8.19. The van der Waals surface area contributed by atoms with Crippen molar-refractivity contribution in [2.24, 2.45) is 11.3 Å². The molecule has 1 N–H and O–H groups in total. The molecule has 29 heavy (non-hydrogen) atoms. The molecule has 1 aliphatic heterocycles. The highest BCUT2D eigenvalue weighted by Gasteiger charge is 2.30. The monoisotopic (exact) mass is 415 g/mol. The van der Waals surface area contributed by atoms with Crippen LogP contribution in [-0.2, 0) is 17.6 Å². The summed E-state index contributed by atoms with van der Waals surface area (Å²) >= 11 is 1.84. The Bertz CT molecular complexity index is 883. The number of nitrogens with zero attached hydrogens (tertiary/aromatic N) is 4. The van der Waals surface area contributed by atoms with Crippen LogP contribution in [-0.4, -0.2) is 61.0 Å². The Balaban J connectivity index is 1.38. The second-order valence-electron chi connectivity index (χ2n) is 9.62. The topological polar surface area (TPSA) is 61.4 Å². The summed E-state index contributed by atoms with van der Waals surface area (Å²) in [5.41, 5.74) is 1.55. The molecule has 0 atom stereocenters. The van der Waals surface area contributed by atoms with Crippen LogP contribution >= 0.6 is 11.3 Å². The molecule has 2 aliphatic rings. The fourth-order valence-corrected chi connectivity index (χ4v) is 6.11. The summed E-state index contributed by atoms with van der Waals surface area (Å²) < 4.78 is 0. The largest absolute Gasteiger partial charge is 0.356 e. The number of amides is 1. The molecule has 0 bridgehead atoms. The van der Waals surface area contributed by atoms with Crippen molar-refractivity contribution >= 4 is 33.3 Å². The van der Waals surface area contributed by atoms with Crippen LogP contribution in [0.2, 0.25) is 0 Å². The second-order valence-corrected chi connectivity index (χ2v) is 10.7. The summed E-state index contributed by atoms with van der Waals surface area (Å²) in [6.45, 7) is 7.86. The minimum atomic E-state index is 0.0752. The first-order valence-electron chi connectivity index (χ1n) is 10.8. The van der Waals surface area contributed by atoms with Crippen LogP contribution in [0, 0.1) is 11.3 Å². The summed E-state index contributed by atoms with van der Waals surface area (Å²) in [7, 11) is 4.15. The van der Waals surface area contributed by atoms with E-state index in [9.17, 15) is 4.79 Å². The molecular weight excluding hydrogens is 382 g/mol. The van der Waals surface area contributed by atoms with E-state index >= 15 is 0 Å². The molecule has 0 spiro atoms. The van der Waals surface area contributed by atoms with Gasteiger partial charge in [-0.1, -0.05) is 13.8 Å². The smallest absolute Gasteiger partial charge is 0.223 e. The predicted octanol–water partition coefficient (Wildman–Crippen LogP) is 3.10. The van der Waals surface area contributed by atoms with Crippen LogP contribution in [0.1, 0.15) is 43.6 Å². The van der Waals surface area contributed by atoms with E-state index in [1.807, 2.05) is 11.3 Å². The molecule has 0 unspecified atom stereocenters. The summed E-state index contributed by atoms with van der Waals surface area (Å²) in [4.78, 5) is 29.1. The van der Waals surface area contributed by atoms with Gasteiger partial charge in [0.05, 0.1) is 5.39 Å². The Morgan fingerprint density at radius 2 is 2.03 bits per heavy atom. The minimum absolute atomic E-state index is 0.0752. The zero-order chi connectivity index (χ0) is 20.6. The first-order valence-corrected chi connectivity index (χ1v) is 11.6. The van der Waals surface area contributed by atoms with Crippen LogP contribution < -0.4 is 10.2 Å². The van der Waals surface area contributed by atoms with E-state index in [0.29, 0.717) is 0 Å². The maximum absolute atomic E-state index is 12.7. The molecule has 0 radical (unpaired) electrons. The molecule has 1 amide bonds. The number of anilines is 1. The van der Waals surface area contributed by atoms with Gasteiger partial charge in [0, 0.05) is 37.0 Å². The maximum atomic E-state index is 12.7. The summed E-state index contributed by atoms with van der Waals surface area (Å²) in [6.07, 6.45) is 7.06. The first kappa shape index (κ1) is 20.5. The first-order chi connectivity index (χ1) is 13.8. The Hall–Kier alpha value is -1.73. The summed E-state index contributed by atoms with van der Waals surface area (Å²) in [6, 6.07) is 0. The van der Waals surface area contributed by atoms with Gasteiger partial charge in [-0.3, -0.25) is 4.79 Å². The summed E-state index contributed by atoms with van der Waals surface area (Å²) in [5.74, 6) is 1.40. The Labute approximate surface area is 177 Å². The van der Waals surface area contributed by atoms with E-state index in [2.05, 4.69) is 53.0 Å². The highest BCUT2D eigenvalue weighted by Crippen LogP contribution is 2.40. The molecule has 1 aliphatic carbocycles. The summed E-state index contributed by atoms with van der Waals surface area (Å²) in [5, 5.41) is 4.48. The van der Waals surface area contributed by atoms with E-state index in [4.69, 9.17) is 0 Å². The lowest BCUT2D eigenvalue weighted by Gasteiger charge is -2.34. The van der Waals surface area contributed by atoms with Crippen molar-refractivity contribution in [2.45, 2.75) is 46.0 Å². The molecule has 0 saturated carbocycles. The fourth-order valence-electron chi connectivity index (χ4n) is 4.89. The molecule has 0 aromatic carbocycles. The quantitative estimate of drug-likeness (QED) is 0.786. The molecule has 7 heteroatoms. The third-order valence-corrected chi connectivity index (χ3v) is 7.33. The standard InChI is InChI=1S/C22H33N5OS/c1-22(2,13-26(3)4)12-23-20(28)15-8-10-27(11-9-15)19-18-16-6-5-7-17(16)29-21(18)25-14-24-19/h14-15H,5-13H2,1-4H3,(H,23,28). The number of hydrogen-bond donors (Lipinski definition) is 1. The number of piperidine rings is 1.